The number of nitrogens with zero attached hydrogens (tertiary/aromatic N) is 7. The summed E-state index contributed by atoms with van der Waals surface area (Å²) in [7, 11) is 0. The molecule has 0 N–H and O–H groups in total. The zero-order valence-corrected chi connectivity index (χ0v) is 19.6. The van der Waals surface area contributed by atoms with Gasteiger partial charge in [0.25, 0.3) is 0 Å². The highest BCUT2D eigenvalue weighted by Crippen LogP contribution is 2.26. The molecule has 8 nitrogen and oxygen atoms in total. The van der Waals surface area contributed by atoms with Crippen molar-refractivity contribution in [2.24, 2.45) is 11.8 Å². The van der Waals surface area contributed by atoms with Crippen molar-refractivity contribution in [2.75, 3.05) is 67.1 Å². The Bertz CT molecular complexity index is 898. The minimum absolute atomic E-state index is 0.116. The Morgan fingerprint density at radius 2 is 1.30 bits per heavy atom. The van der Waals surface area contributed by atoms with Crippen molar-refractivity contribution >= 4 is 23.4 Å². The van der Waals surface area contributed by atoms with Gasteiger partial charge in [-0.15, -0.1) is 10.2 Å². The van der Waals surface area contributed by atoms with Crippen molar-refractivity contribution in [3.8, 4) is 0 Å². The van der Waals surface area contributed by atoms with Crippen LogP contribution in [0.15, 0.2) is 36.5 Å². The molecule has 3 aliphatic heterocycles. The van der Waals surface area contributed by atoms with E-state index in [-0.39, 0.29) is 5.92 Å². The van der Waals surface area contributed by atoms with E-state index in [2.05, 4.69) is 48.9 Å². The molecule has 5 heterocycles. The summed E-state index contributed by atoms with van der Waals surface area (Å²) in [5.41, 5.74) is 0. The first kappa shape index (κ1) is 21.9. The number of carbonyl (C=O) groups is 1. The van der Waals surface area contributed by atoms with Gasteiger partial charge in [0, 0.05) is 64.5 Å². The fourth-order valence-electron chi connectivity index (χ4n) is 5.20. The Balaban J connectivity index is 1.10. The summed E-state index contributed by atoms with van der Waals surface area (Å²) in [4.78, 5) is 26.5. The van der Waals surface area contributed by atoms with Crippen LogP contribution in [-0.4, -0.2) is 78.3 Å². The summed E-state index contributed by atoms with van der Waals surface area (Å²) in [5, 5.41) is 9.03. The molecule has 176 valence electrons. The van der Waals surface area contributed by atoms with E-state index in [4.69, 9.17) is 0 Å². The number of anilines is 3. The fraction of sp³-hybridized carbons (Fsp3) is 0.600. The normalized spacial score (nSPS) is 20.9. The van der Waals surface area contributed by atoms with Gasteiger partial charge < -0.3 is 19.6 Å². The van der Waals surface area contributed by atoms with Crippen molar-refractivity contribution in [1.29, 1.82) is 0 Å². The Labute approximate surface area is 196 Å². The van der Waals surface area contributed by atoms with Crippen molar-refractivity contribution in [3.63, 3.8) is 0 Å². The van der Waals surface area contributed by atoms with E-state index in [0.29, 0.717) is 5.91 Å². The lowest BCUT2D eigenvalue weighted by Crippen LogP contribution is -2.52. The number of rotatable bonds is 4. The number of pyridine rings is 1. The predicted octanol–water partition coefficient (Wildman–Crippen LogP) is 2.67. The summed E-state index contributed by atoms with van der Waals surface area (Å²) in [5.74, 6) is 4.16. The van der Waals surface area contributed by atoms with Crippen LogP contribution in [0.3, 0.4) is 0 Å². The first-order chi connectivity index (χ1) is 16.2. The molecule has 0 radical (unpaired) electrons. The van der Waals surface area contributed by atoms with Crippen LogP contribution >= 0.6 is 0 Å². The van der Waals surface area contributed by atoms with Gasteiger partial charge >= 0.3 is 0 Å². The topological polar surface area (TPSA) is 68.7 Å². The summed E-state index contributed by atoms with van der Waals surface area (Å²) in [6.45, 7) is 9.42. The Kier molecular flexibility index (Phi) is 6.60. The maximum Gasteiger partial charge on any atom is 0.225 e. The van der Waals surface area contributed by atoms with Crippen molar-refractivity contribution in [1.82, 2.24) is 20.1 Å². The van der Waals surface area contributed by atoms with Crippen LogP contribution in [0.5, 0.6) is 0 Å². The maximum atomic E-state index is 13.1. The Hall–Kier alpha value is -2.90. The minimum Gasteiger partial charge on any atom is -0.355 e. The quantitative estimate of drug-likeness (QED) is 0.711. The Morgan fingerprint density at radius 3 is 1.85 bits per heavy atom. The molecule has 0 aromatic carbocycles. The number of amides is 1. The van der Waals surface area contributed by atoms with Crippen molar-refractivity contribution < 1.29 is 4.79 Å². The average molecular weight is 450 g/mol. The third-order valence-electron chi connectivity index (χ3n) is 7.48. The van der Waals surface area contributed by atoms with Crippen molar-refractivity contribution in [2.45, 2.75) is 32.6 Å². The van der Waals surface area contributed by atoms with Crippen LogP contribution in [0, 0.1) is 11.8 Å². The number of piperidine rings is 2. The highest BCUT2D eigenvalue weighted by Gasteiger charge is 2.31. The monoisotopic (exact) mass is 449 g/mol. The van der Waals surface area contributed by atoms with E-state index < -0.39 is 0 Å². The zero-order chi connectivity index (χ0) is 22.6. The molecule has 33 heavy (non-hydrogen) atoms. The van der Waals surface area contributed by atoms with Crippen LogP contribution in [0.4, 0.5) is 17.5 Å². The molecule has 0 spiro atoms. The zero-order valence-electron chi connectivity index (χ0n) is 19.6. The van der Waals surface area contributed by atoms with E-state index in [1.807, 2.05) is 29.3 Å². The molecule has 3 fully saturated rings. The van der Waals surface area contributed by atoms with Crippen molar-refractivity contribution in [3.05, 3.63) is 36.5 Å². The number of hydrogen-bond donors (Lipinski definition) is 0. The number of piperazine rings is 1. The van der Waals surface area contributed by atoms with Gasteiger partial charge in [-0.05, 0) is 55.9 Å². The molecular formula is C25H35N7O. The second kappa shape index (κ2) is 9.93. The smallest absolute Gasteiger partial charge is 0.225 e. The molecule has 0 aliphatic carbocycles. The number of aromatic nitrogens is 3. The van der Waals surface area contributed by atoms with Gasteiger partial charge in [0.1, 0.15) is 5.82 Å². The van der Waals surface area contributed by atoms with Crippen LogP contribution in [0.2, 0.25) is 0 Å². The molecule has 0 bridgehead atoms. The molecule has 2 aromatic heterocycles. The van der Waals surface area contributed by atoms with E-state index >= 15 is 0 Å². The molecule has 8 heteroatoms. The first-order valence-corrected chi connectivity index (χ1v) is 12.5. The first-order valence-electron chi connectivity index (χ1n) is 12.5. The molecule has 3 aliphatic rings. The minimum atomic E-state index is 0.116. The van der Waals surface area contributed by atoms with E-state index in [9.17, 15) is 4.79 Å². The van der Waals surface area contributed by atoms with Gasteiger partial charge in [-0.1, -0.05) is 13.0 Å². The maximum absolute atomic E-state index is 13.1. The summed E-state index contributed by atoms with van der Waals surface area (Å²) in [6, 6.07) is 10.2. The summed E-state index contributed by atoms with van der Waals surface area (Å²) < 4.78 is 0. The number of carbonyl (C=O) groups excluding carboxylic acids is 1. The van der Waals surface area contributed by atoms with Crippen LogP contribution in [0.1, 0.15) is 32.6 Å². The molecule has 0 unspecified atom stereocenters. The standard InChI is InChI=1S/C25H35N7O/c1-20-7-12-29(13-8-20)23-5-6-24(28-27-23)30-14-9-21(10-15-30)25(33)32-18-16-31(17-19-32)22-4-2-3-11-26-22/h2-6,11,20-21H,7-10,12-19H2,1H3. The number of hydrogen-bond acceptors (Lipinski definition) is 7. The molecule has 3 saturated heterocycles. The third kappa shape index (κ3) is 5.04. The molecule has 1 amide bonds. The molecule has 0 atom stereocenters. The molecular weight excluding hydrogens is 414 g/mol. The second-order valence-corrected chi connectivity index (χ2v) is 9.68. The second-order valence-electron chi connectivity index (χ2n) is 9.68. The summed E-state index contributed by atoms with van der Waals surface area (Å²) in [6.07, 6.45) is 6.04. The molecule has 5 rings (SSSR count). The van der Waals surface area contributed by atoms with Gasteiger partial charge in [-0.2, -0.15) is 0 Å². The predicted molar refractivity (Wildman–Crippen MR) is 131 cm³/mol. The summed E-state index contributed by atoms with van der Waals surface area (Å²) >= 11 is 0. The average Bonchev–Trinajstić information content (AvgIpc) is 2.90. The van der Waals surface area contributed by atoms with Gasteiger partial charge in [0.05, 0.1) is 0 Å². The lowest BCUT2D eigenvalue weighted by atomic mass is 9.95. The lowest BCUT2D eigenvalue weighted by molar-refractivity contribution is -0.136. The van der Waals surface area contributed by atoms with Crippen LogP contribution < -0.4 is 14.7 Å². The molecule has 0 saturated carbocycles. The largest absolute Gasteiger partial charge is 0.355 e. The van der Waals surface area contributed by atoms with Crippen LogP contribution in [-0.2, 0) is 4.79 Å². The fourth-order valence-corrected chi connectivity index (χ4v) is 5.20. The van der Waals surface area contributed by atoms with Crippen LogP contribution in [0.25, 0.3) is 0 Å². The van der Waals surface area contributed by atoms with Gasteiger partial charge in [-0.25, -0.2) is 4.98 Å². The third-order valence-corrected chi connectivity index (χ3v) is 7.48. The van der Waals surface area contributed by atoms with E-state index in [1.54, 1.807) is 0 Å². The van der Waals surface area contributed by atoms with E-state index in [1.165, 1.54) is 12.8 Å². The van der Waals surface area contributed by atoms with Gasteiger partial charge in [0.2, 0.25) is 5.91 Å². The van der Waals surface area contributed by atoms with Gasteiger partial charge in [-0.3, -0.25) is 4.79 Å². The highest BCUT2D eigenvalue weighted by atomic mass is 16.2. The lowest BCUT2D eigenvalue weighted by Gasteiger charge is -2.39. The Morgan fingerprint density at radius 1 is 0.727 bits per heavy atom. The SMILES string of the molecule is CC1CCN(c2ccc(N3CCC(C(=O)N4CCN(c5ccccn5)CC4)CC3)nn2)CC1. The highest BCUT2D eigenvalue weighted by molar-refractivity contribution is 5.79. The molecule has 2 aromatic rings. The van der Waals surface area contributed by atoms with Gasteiger partial charge in [0.15, 0.2) is 11.6 Å². The van der Waals surface area contributed by atoms with E-state index in [0.717, 1.165) is 88.6 Å².